The molecule has 0 saturated carbocycles. The maximum absolute atomic E-state index is 12.0. The van der Waals surface area contributed by atoms with Gasteiger partial charge in [-0.1, -0.05) is 32.4 Å². The van der Waals surface area contributed by atoms with Gasteiger partial charge in [-0.05, 0) is 51.3 Å². The molecular formula is C17H26O3. The average molecular weight is 278 g/mol. The average Bonchev–Trinajstić information content (AvgIpc) is 2.39. The molecule has 1 aromatic carbocycles. The van der Waals surface area contributed by atoms with Crippen LogP contribution in [0.2, 0.25) is 0 Å². The summed E-state index contributed by atoms with van der Waals surface area (Å²) in [6, 6.07) is 7.11. The molecule has 0 aliphatic heterocycles. The molecule has 0 fully saturated rings. The summed E-state index contributed by atoms with van der Waals surface area (Å²) in [4.78, 5) is 12.0. The molecule has 0 aromatic heterocycles. The summed E-state index contributed by atoms with van der Waals surface area (Å²) in [6.45, 7) is 9.55. The Kier molecular flexibility index (Phi) is 5.35. The zero-order valence-corrected chi connectivity index (χ0v) is 13.2. The summed E-state index contributed by atoms with van der Waals surface area (Å²) in [5, 5.41) is 10.3. The van der Waals surface area contributed by atoms with Crippen molar-refractivity contribution in [3.63, 3.8) is 0 Å². The van der Waals surface area contributed by atoms with Crippen molar-refractivity contribution in [2.24, 2.45) is 5.41 Å². The predicted molar refractivity (Wildman–Crippen MR) is 80.6 cm³/mol. The molecule has 1 unspecified atom stereocenters. The Morgan fingerprint density at radius 1 is 1.15 bits per heavy atom. The molecule has 0 aliphatic rings. The van der Waals surface area contributed by atoms with Crippen molar-refractivity contribution in [3.05, 3.63) is 29.8 Å². The van der Waals surface area contributed by atoms with E-state index in [9.17, 15) is 9.90 Å². The van der Waals surface area contributed by atoms with Crippen LogP contribution in [0, 0.1) is 5.41 Å². The third-order valence-corrected chi connectivity index (χ3v) is 3.86. The van der Waals surface area contributed by atoms with Crippen LogP contribution in [0.1, 0.15) is 59.4 Å². The first-order valence-corrected chi connectivity index (χ1v) is 7.28. The molecule has 1 aromatic rings. The van der Waals surface area contributed by atoms with Crippen LogP contribution in [0.3, 0.4) is 0 Å². The Bertz CT molecular complexity index is 444. The molecule has 0 radical (unpaired) electrons. The second-order valence-corrected chi connectivity index (χ2v) is 6.18. The van der Waals surface area contributed by atoms with Gasteiger partial charge >= 0.3 is 5.97 Å². The molecule has 1 rings (SSSR count). The Hall–Kier alpha value is -1.35. The lowest BCUT2D eigenvalue weighted by atomic mass is 9.90. The van der Waals surface area contributed by atoms with Crippen molar-refractivity contribution in [1.29, 1.82) is 0 Å². The molecule has 3 nitrogen and oxygen atoms in total. The van der Waals surface area contributed by atoms with E-state index in [0.29, 0.717) is 12.2 Å². The molecule has 0 bridgehead atoms. The molecule has 0 aliphatic carbocycles. The number of hydrogen-bond donors (Lipinski definition) is 1. The molecule has 0 saturated heterocycles. The Labute approximate surface area is 122 Å². The van der Waals surface area contributed by atoms with Crippen LogP contribution in [0.4, 0.5) is 0 Å². The molecular weight excluding hydrogens is 252 g/mol. The van der Waals surface area contributed by atoms with Crippen molar-refractivity contribution in [2.45, 2.75) is 59.5 Å². The van der Waals surface area contributed by atoms with Crippen molar-refractivity contribution in [1.82, 2.24) is 0 Å². The van der Waals surface area contributed by atoms with Gasteiger partial charge in [-0.25, -0.2) is 0 Å². The van der Waals surface area contributed by atoms with Crippen LogP contribution in [0.5, 0.6) is 5.75 Å². The first kappa shape index (κ1) is 16.7. The van der Waals surface area contributed by atoms with E-state index in [1.807, 2.05) is 39.8 Å². The maximum Gasteiger partial charge on any atom is 0.316 e. The number of hydrogen-bond acceptors (Lipinski definition) is 3. The van der Waals surface area contributed by atoms with Gasteiger partial charge in [-0.2, -0.15) is 0 Å². The lowest BCUT2D eigenvalue weighted by molar-refractivity contribution is -0.144. The molecule has 0 amide bonds. The lowest BCUT2D eigenvalue weighted by Gasteiger charge is -2.24. The number of aliphatic hydroxyl groups is 1. The van der Waals surface area contributed by atoms with E-state index >= 15 is 0 Å². The summed E-state index contributed by atoms with van der Waals surface area (Å²) in [5.41, 5.74) is -0.472. The van der Waals surface area contributed by atoms with Gasteiger partial charge < -0.3 is 9.84 Å². The van der Waals surface area contributed by atoms with Gasteiger partial charge in [-0.3, -0.25) is 4.79 Å². The van der Waals surface area contributed by atoms with Crippen molar-refractivity contribution < 1.29 is 14.6 Å². The SMILES string of the molecule is CCCC(C)(O)c1ccc(OC(=O)C(C)(C)CC)cc1. The van der Waals surface area contributed by atoms with E-state index in [2.05, 4.69) is 0 Å². The zero-order valence-electron chi connectivity index (χ0n) is 13.2. The topological polar surface area (TPSA) is 46.5 Å². The number of carbonyl (C=O) groups is 1. The number of ether oxygens (including phenoxy) is 1. The fourth-order valence-corrected chi connectivity index (χ4v) is 1.90. The van der Waals surface area contributed by atoms with Gasteiger partial charge in [0.05, 0.1) is 11.0 Å². The number of carbonyl (C=O) groups excluding carboxylic acids is 1. The number of esters is 1. The minimum absolute atomic E-state index is 0.229. The minimum atomic E-state index is -0.833. The highest BCUT2D eigenvalue weighted by Crippen LogP contribution is 2.28. The second-order valence-electron chi connectivity index (χ2n) is 6.18. The molecule has 112 valence electrons. The largest absolute Gasteiger partial charge is 0.426 e. The number of benzene rings is 1. The van der Waals surface area contributed by atoms with Gasteiger partial charge in [0.15, 0.2) is 0 Å². The fraction of sp³-hybridized carbons (Fsp3) is 0.588. The highest BCUT2D eigenvalue weighted by atomic mass is 16.5. The summed E-state index contributed by atoms with van der Waals surface area (Å²) in [6.07, 6.45) is 2.35. The summed E-state index contributed by atoms with van der Waals surface area (Å²) in [7, 11) is 0. The van der Waals surface area contributed by atoms with Crippen LogP contribution < -0.4 is 4.74 Å². The van der Waals surface area contributed by atoms with E-state index < -0.39 is 11.0 Å². The molecule has 3 heteroatoms. The maximum atomic E-state index is 12.0. The predicted octanol–water partition coefficient (Wildman–Crippen LogP) is 4.04. The Morgan fingerprint density at radius 2 is 1.70 bits per heavy atom. The quantitative estimate of drug-likeness (QED) is 0.631. The van der Waals surface area contributed by atoms with Crippen LogP contribution in [-0.4, -0.2) is 11.1 Å². The van der Waals surface area contributed by atoms with Gasteiger partial charge in [0, 0.05) is 0 Å². The van der Waals surface area contributed by atoms with E-state index in [0.717, 1.165) is 18.4 Å². The zero-order chi connectivity index (χ0) is 15.4. The van der Waals surface area contributed by atoms with E-state index in [1.165, 1.54) is 0 Å². The van der Waals surface area contributed by atoms with Gasteiger partial charge in [0.25, 0.3) is 0 Å². The summed E-state index contributed by atoms with van der Waals surface area (Å²) < 4.78 is 5.38. The van der Waals surface area contributed by atoms with Crippen LogP contribution in [0.15, 0.2) is 24.3 Å². The smallest absolute Gasteiger partial charge is 0.316 e. The van der Waals surface area contributed by atoms with E-state index in [-0.39, 0.29) is 5.97 Å². The number of rotatable bonds is 6. The molecule has 0 heterocycles. The molecule has 1 atom stereocenters. The standard InChI is InChI=1S/C17H26O3/c1-6-12-17(5,19)13-8-10-14(11-9-13)20-15(18)16(3,4)7-2/h8-11,19H,6-7,12H2,1-5H3. The van der Waals surface area contributed by atoms with E-state index in [4.69, 9.17) is 4.74 Å². The van der Waals surface area contributed by atoms with Crippen molar-refractivity contribution in [3.8, 4) is 5.75 Å². The highest BCUT2D eigenvalue weighted by Gasteiger charge is 2.28. The third-order valence-electron chi connectivity index (χ3n) is 3.86. The third kappa shape index (κ3) is 4.07. The fourth-order valence-electron chi connectivity index (χ4n) is 1.90. The highest BCUT2D eigenvalue weighted by molar-refractivity contribution is 5.78. The van der Waals surface area contributed by atoms with Gasteiger partial charge in [0.1, 0.15) is 5.75 Å². The van der Waals surface area contributed by atoms with Crippen LogP contribution >= 0.6 is 0 Å². The van der Waals surface area contributed by atoms with Crippen LogP contribution in [0.25, 0.3) is 0 Å². The van der Waals surface area contributed by atoms with Gasteiger partial charge in [0.2, 0.25) is 0 Å². The first-order chi connectivity index (χ1) is 9.23. The summed E-state index contributed by atoms with van der Waals surface area (Å²) >= 11 is 0. The first-order valence-electron chi connectivity index (χ1n) is 7.28. The van der Waals surface area contributed by atoms with Gasteiger partial charge in [-0.15, -0.1) is 0 Å². The molecule has 20 heavy (non-hydrogen) atoms. The van der Waals surface area contributed by atoms with E-state index in [1.54, 1.807) is 19.1 Å². The van der Waals surface area contributed by atoms with Crippen molar-refractivity contribution >= 4 is 5.97 Å². The normalized spacial score (nSPS) is 14.7. The van der Waals surface area contributed by atoms with Crippen LogP contribution in [-0.2, 0) is 10.4 Å². The molecule has 0 spiro atoms. The summed E-state index contributed by atoms with van der Waals surface area (Å²) in [5.74, 6) is 0.292. The minimum Gasteiger partial charge on any atom is -0.426 e. The lowest BCUT2D eigenvalue weighted by Crippen LogP contribution is -2.28. The second kappa shape index (κ2) is 6.40. The molecule has 1 N–H and O–H groups in total. The Balaban J connectivity index is 2.80. The van der Waals surface area contributed by atoms with Crippen molar-refractivity contribution in [2.75, 3.05) is 0 Å². The Morgan fingerprint density at radius 3 is 2.15 bits per heavy atom. The monoisotopic (exact) mass is 278 g/mol.